The third-order valence-corrected chi connectivity index (χ3v) is 3.62. The lowest BCUT2D eigenvalue weighted by Crippen LogP contribution is -2.14. The Labute approximate surface area is 108 Å². The fourth-order valence-corrected chi connectivity index (χ4v) is 2.34. The highest BCUT2D eigenvalue weighted by Crippen LogP contribution is 2.20. The van der Waals surface area contributed by atoms with Crippen molar-refractivity contribution in [3.63, 3.8) is 0 Å². The van der Waals surface area contributed by atoms with Crippen molar-refractivity contribution in [3.05, 3.63) is 48.2 Å². The first-order valence-corrected chi connectivity index (χ1v) is 6.57. The molecule has 0 aliphatic carbocycles. The van der Waals surface area contributed by atoms with Gasteiger partial charge < -0.3 is 5.73 Å². The molecule has 100 valence electrons. The largest absolute Gasteiger partial charge is 0.384 e. The van der Waals surface area contributed by atoms with E-state index in [1.54, 1.807) is 0 Å². The van der Waals surface area contributed by atoms with Crippen molar-refractivity contribution in [2.45, 2.75) is 4.90 Å². The molecule has 19 heavy (non-hydrogen) atoms. The Balaban J connectivity index is 2.36. The third-order valence-electron chi connectivity index (χ3n) is 2.27. The van der Waals surface area contributed by atoms with Crippen molar-refractivity contribution in [2.24, 2.45) is 0 Å². The lowest BCUT2D eigenvalue weighted by atomic mass is 10.3. The normalized spacial score (nSPS) is 11.3. The van der Waals surface area contributed by atoms with Gasteiger partial charge in [0.25, 0.3) is 10.0 Å². The Morgan fingerprint density at radius 3 is 2.53 bits per heavy atom. The molecule has 0 unspecified atom stereocenters. The zero-order chi connectivity index (χ0) is 14.0. The molecule has 3 N–H and O–H groups in total. The van der Waals surface area contributed by atoms with E-state index in [2.05, 4.69) is 4.98 Å². The van der Waals surface area contributed by atoms with Gasteiger partial charge in [-0.2, -0.15) is 0 Å². The number of benzene rings is 1. The Kier molecular flexibility index (Phi) is 3.34. The van der Waals surface area contributed by atoms with Crippen LogP contribution in [0.4, 0.5) is 20.3 Å². The Morgan fingerprint density at radius 2 is 1.89 bits per heavy atom. The zero-order valence-corrected chi connectivity index (χ0v) is 10.3. The maximum Gasteiger partial charge on any atom is 0.263 e. The molecule has 0 atom stereocenters. The molecule has 0 fully saturated rings. The van der Waals surface area contributed by atoms with Crippen LogP contribution >= 0.6 is 0 Å². The summed E-state index contributed by atoms with van der Waals surface area (Å²) in [7, 11) is -4.04. The lowest BCUT2D eigenvalue weighted by molar-refractivity contribution is 0.511. The van der Waals surface area contributed by atoms with Gasteiger partial charge >= 0.3 is 0 Å². The molecule has 1 aromatic heterocycles. The number of pyridine rings is 1. The SMILES string of the molecule is Nc1ccc(S(=O)(=O)Nc2cccc(F)c2F)cn1. The van der Waals surface area contributed by atoms with E-state index >= 15 is 0 Å². The molecular formula is C11H9F2N3O2S. The molecule has 2 aromatic rings. The summed E-state index contributed by atoms with van der Waals surface area (Å²) in [6.45, 7) is 0. The Hall–Kier alpha value is -2.22. The first-order valence-electron chi connectivity index (χ1n) is 5.08. The first-order chi connectivity index (χ1) is 8.90. The average molecular weight is 285 g/mol. The van der Waals surface area contributed by atoms with Gasteiger partial charge in [0, 0.05) is 6.20 Å². The minimum Gasteiger partial charge on any atom is -0.384 e. The van der Waals surface area contributed by atoms with Crippen molar-refractivity contribution >= 4 is 21.5 Å². The van der Waals surface area contributed by atoms with Crippen molar-refractivity contribution in [1.29, 1.82) is 0 Å². The Morgan fingerprint density at radius 1 is 1.16 bits per heavy atom. The topological polar surface area (TPSA) is 85.1 Å². The van der Waals surface area contributed by atoms with Crippen molar-refractivity contribution in [2.75, 3.05) is 10.5 Å². The van der Waals surface area contributed by atoms with Crippen molar-refractivity contribution in [3.8, 4) is 0 Å². The van der Waals surface area contributed by atoms with E-state index in [0.717, 1.165) is 18.3 Å². The predicted octanol–water partition coefficient (Wildman–Crippen LogP) is 1.74. The van der Waals surface area contributed by atoms with Crippen LogP contribution in [0, 0.1) is 11.6 Å². The molecule has 0 saturated carbocycles. The van der Waals surface area contributed by atoms with Crippen LogP contribution in [-0.2, 0) is 10.0 Å². The van der Waals surface area contributed by atoms with E-state index in [-0.39, 0.29) is 10.7 Å². The summed E-state index contributed by atoms with van der Waals surface area (Å²) < 4.78 is 52.1. The summed E-state index contributed by atoms with van der Waals surface area (Å²) >= 11 is 0. The molecule has 0 radical (unpaired) electrons. The number of nitrogens with one attached hydrogen (secondary N) is 1. The van der Waals surface area contributed by atoms with Crippen LogP contribution < -0.4 is 10.5 Å². The molecule has 8 heteroatoms. The van der Waals surface area contributed by atoms with Crippen LogP contribution in [0.3, 0.4) is 0 Å². The summed E-state index contributed by atoms with van der Waals surface area (Å²) in [5, 5.41) is 0. The lowest BCUT2D eigenvalue weighted by Gasteiger charge is -2.08. The van der Waals surface area contributed by atoms with Gasteiger partial charge in [0.15, 0.2) is 11.6 Å². The molecule has 5 nitrogen and oxygen atoms in total. The van der Waals surface area contributed by atoms with E-state index in [4.69, 9.17) is 5.73 Å². The smallest absolute Gasteiger partial charge is 0.263 e. The van der Waals surface area contributed by atoms with E-state index in [0.29, 0.717) is 0 Å². The fraction of sp³-hybridized carbons (Fsp3) is 0. The first kappa shape index (κ1) is 13.2. The number of aromatic nitrogens is 1. The van der Waals surface area contributed by atoms with Crippen molar-refractivity contribution < 1.29 is 17.2 Å². The fourth-order valence-electron chi connectivity index (χ4n) is 1.34. The number of hydrogen-bond acceptors (Lipinski definition) is 4. The number of nitrogens with two attached hydrogens (primary N) is 1. The molecule has 0 saturated heterocycles. The van der Waals surface area contributed by atoms with Crippen LogP contribution in [0.2, 0.25) is 0 Å². The van der Waals surface area contributed by atoms with Gasteiger partial charge in [-0.05, 0) is 24.3 Å². The van der Waals surface area contributed by atoms with E-state index in [1.165, 1.54) is 18.2 Å². The standard InChI is InChI=1S/C11H9F2N3O2S/c12-8-2-1-3-9(11(8)13)16-19(17,18)7-4-5-10(14)15-6-7/h1-6,16H,(H2,14,15). The number of sulfonamides is 1. The van der Waals surface area contributed by atoms with Crippen LogP contribution in [-0.4, -0.2) is 13.4 Å². The van der Waals surface area contributed by atoms with Gasteiger partial charge in [-0.1, -0.05) is 6.07 Å². The highest BCUT2D eigenvalue weighted by Gasteiger charge is 2.18. The van der Waals surface area contributed by atoms with Gasteiger partial charge in [-0.25, -0.2) is 22.2 Å². The highest BCUT2D eigenvalue weighted by atomic mass is 32.2. The minimum atomic E-state index is -4.04. The number of nitrogens with zero attached hydrogens (tertiary/aromatic N) is 1. The number of anilines is 2. The molecule has 0 amide bonds. The van der Waals surface area contributed by atoms with Crippen LogP contribution in [0.1, 0.15) is 0 Å². The van der Waals surface area contributed by atoms with E-state index < -0.39 is 27.3 Å². The van der Waals surface area contributed by atoms with Crippen LogP contribution in [0.5, 0.6) is 0 Å². The van der Waals surface area contributed by atoms with Gasteiger partial charge in [-0.3, -0.25) is 4.72 Å². The average Bonchev–Trinajstić information content (AvgIpc) is 2.35. The van der Waals surface area contributed by atoms with E-state index in [1.807, 2.05) is 4.72 Å². The number of rotatable bonds is 3. The summed E-state index contributed by atoms with van der Waals surface area (Å²) in [4.78, 5) is 3.41. The molecule has 0 bridgehead atoms. The Bertz CT molecular complexity index is 702. The molecule has 2 rings (SSSR count). The number of halogens is 2. The van der Waals surface area contributed by atoms with Gasteiger partial charge in [0.2, 0.25) is 0 Å². The summed E-state index contributed by atoms with van der Waals surface area (Å²) in [6, 6.07) is 5.69. The molecule has 1 aromatic carbocycles. The molecular weight excluding hydrogens is 276 g/mol. The van der Waals surface area contributed by atoms with Gasteiger partial charge in [0.05, 0.1) is 5.69 Å². The molecule has 1 heterocycles. The van der Waals surface area contributed by atoms with Gasteiger partial charge in [-0.15, -0.1) is 0 Å². The predicted molar refractivity (Wildman–Crippen MR) is 65.8 cm³/mol. The maximum atomic E-state index is 13.4. The summed E-state index contributed by atoms with van der Waals surface area (Å²) in [5.41, 5.74) is 4.86. The minimum absolute atomic E-state index is 0.149. The molecule has 0 aliphatic heterocycles. The van der Waals surface area contributed by atoms with E-state index in [9.17, 15) is 17.2 Å². The third kappa shape index (κ3) is 2.79. The second-order valence-corrected chi connectivity index (χ2v) is 5.31. The second kappa shape index (κ2) is 4.81. The summed E-state index contributed by atoms with van der Waals surface area (Å²) in [6.07, 6.45) is 1.02. The highest BCUT2D eigenvalue weighted by molar-refractivity contribution is 7.92. The maximum absolute atomic E-state index is 13.4. The number of hydrogen-bond donors (Lipinski definition) is 2. The molecule has 0 aliphatic rings. The van der Waals surface area contributed by atoms with Crippen molar-refractivity contribution in [1.82, 2.24) is 4.98 Å². The quantitative estimate of drug-likeness (QED) is 0.899. The number of nitrogen functional groups attached to an aromatic ring is 1. The summed E-state index contributed by atoms with van der Waals surface area (Å²) in [5.74, 6) is -2.26. The van der Waals surface area contributed by atoms with Gasteiger partial charge in [0.1, 0.15) is 10.7 Å². The van der Waals surface area contributed by atoms with Crippen LogP contribution in [0.15, 0.2) is 41.4 Å². The van der Waals surface area contributed by atoms with Crippen LogP contribution in [0.25, 0.3) is 0 Å². The molecule has 0 spiro atoms. The zero-order valence-electron chi connectivity index (χ0n) is 9.47. The monoisotopic (exact) mass is 285 g/mol. The second-order valence-electron chi connectivity index (χ2n) is 3.63.